The minimum atomic E-state index is -3.88. The molecule has 4 rings (SSSR count). The summed E-state index contributed by atoms with van der Waals surface area (Å²) >= 11 is 0. The Hall–Kier alpha value is -3.27. The van der Waals surface area contributed by atoms with Crippen molar-refractivity contribution in [2.75, 3.05) is 10.0 Å². The molecule has 1 saturated carbocycles. The highest BCUT2D eigenvalue weighted by Gasteiger charge is 2.22. The van der Waals surface area contributed by atoms with Crippen molar-refractivity contribution in [3.05, 3.63) is 58.1 Å². The van der Waals surface area contributed by atoms with Gasteiger partial charge in [-0.25, -0.2) is 18.4 Å². The van der Waals surface area contributed by atoms with Crippen molar-refractivity contribution in [1.82, 2.24) is 9.97 Å². The van der Waals surface area contributed by atoms with Crippen LogP contribution in [0, 0.1) is 17.0 Å². The topological polar surface area (TPSA) is 127 Å². The molecule has 1 heterocycles. The monoisotopic (exact) mass is 441 g/mol. The predicted molar refractivity (Wildman–Crippen MR) is 119 cm³/mol. The van der Waals surface area contributed by atoms with Gasteiger partial charge in [-0.15, -0.1) is 0 Å². The third-order valence-corrected chi connectivity index (χ3v) is 6.72. The summed E-state index contributed by atoms with van der Waals surface area (Å²) in [7, 11) is -3.88. The normalized spacial score (nSPS) is 15.0. The molecule has 1 fully saturated rings. The number of nitro groups is 1. The Morgan fingerprint density at radius 3 is 2.32 bits per heavy atom. The summed E-state index contributed by atoms with van der Waals surface area (Å²) in [5.74, 6) is 0.350. The molecular formula is C21H23N5O4S. The van der Waals surface area contributed by atoms with Gasteiger partial charge < -0.3 is 5.32 Å². The molecule has 1 aromatic heterocycles. The fraction of sp³-hybridized carbons (Fsp3) is 0.333. The number of anilines is 2. The molecule has 0 saturated heterocycles. The molecule has 31 heavy (non-hydrogen) atoms. The highest BCUT2D eigenvalue weighted by molar-refractivity contribution is 7.92. The van der Waals surface area contributed by atoms with Gasteiger partial charge in [-0.05, 0) is 38.0 Å². The molecule has 0 radical (unpaired) electrons. The number of benzene rings is 2. The predicted octanol–water partition coefficient (Wildman–Crippen LogP) is 4.39. The zero-order valence-corrected chi connectivity index (χ0v) is 17.9. The van der Waals surface area contributed by atoms with Gasteiger partial charge in [-0.2, -0.15) is 0 Å². The summed E-state index contributed by atoms with van der Waals surface area (Å²) in [4.78, 5) is 19.7. The summed E-state index contributed by atoms with van der Waals surface area (Å²) in [5.41, 5.74) is 1.54. The van der Waals surface area contributed by atoms with Crippen molar-refractivity contribution >= 4 is 38.4 Å². The van der Waals surface area contributed by atoms with Crippen molar-refractivity contribution in [2.24, 2.45) is 0 Å². The molecule has 0 aliphatic heterocycles. The van der Waals surface area contributed by atoms with E-state index in [1.807, 2.05) is 6.92 Å². The minimum Gasteiger partial charge on any atom is -0.364 e. The third-order valence-electron chi connectivity index (χ3n) is 5.37. The molecule has 3 aromatic rings. The first-order valence-corrected chi connectivity index (χ1v) is 11.6. The van der Waals surface area contributed by atoms with Crippen molar-refractivity contribution < 1.29 is 13.3 Å². The summed E-state index contributed by atoms with van der Waals surface area (Å²) in [6.07, 6.45) is 5.21. The second-order valence-electron chi connectivity index (χ2n) is 7.75. The van der Waals surface area contributed by atoms with Crippen LogP contribution in [-0.2, 0) is 10.0 Å². The fourth-order valence-electron chi connectivity index (χ4n) is 3.67. The zero-order valence-electron chi connectivity index (χ0n) is 17.0. The number of nitro benzene ring substituents is 1. The maximum Gasteiger partial charge on any atom is 0.271 e. The molecule has 2 N–H and O–H groups in total. The van der Waals surface area contributed by atoms with E-state index < -0.39 is 14.9 Å². The summed E-state index contributed by atoms with van der Waals surface area (Å²) in [6, 6.07) is 10.8. The van der Waals surface area contributed by atoms with Crippen molar-refractivity contribution in [2.45, 2.75) is 50.0 Å². The standard InChI is InChI=1S/C21H23N5O4S/c1-14-7-10-17(11-8-14)31(29,30)25-21-20(22-15-5-3-2-4-6-15)24-19-13-16(26(27)28)9-12-18(19)23-21/h7-13,15H,2-6H2,1H3,(H,22,24)(H,23,25). The van der Waals surface area contributed by atoms with Gasteiger partial charge >= 0.3 is 0 Å². The number of nitrogens with one attached hydrogen (secondary N) is 2. The maximum absolute atomic E-state index is 12.9. The van der Waals surface area contributed by atoms with Crippen molar-refractivity contribution in [3.63, 3.8) is 0 Å². The number of nitrogens with zero attached hydrogens (tertiary/aromatic N) is 3. The number of hydrogen-bond donors (Lipinski definition) is 2. The third kappa shape index (κ3) is 4.74. The molecule has 0 bridgehead atoms. The first-order chi connectivity index (χ1) is 14.8. The van der Waals surface area contributed by atoms with E-state index in [-0.39, 0.29) is 28.3 Å². The van der Waals surface area contributed by atoms with Crippen LogP contribution < -0.4 is 10.0 Å². The van der Waals surface area contributed by atoms with Crippen LogP contribution in [0.1, 0.15) is 37.7 Å². The van der Waals surface area contributed by atoms with Crippen LogP contribution in [0.4, 0.5) is 17.3 Å². The van der Waals surface area contributed by atoms with Crippen LogP contribution in [0.3, 0.4) is 0 Å². The van der Waals surface area contributed by atoms with Gasteiger partial charge in [-0.3, -0.25) is 14.8 Å². The second kappa shape index (κ2) is 8.46. The summed E-state index contributed by atoms with van der Waals surface area (Å²) < 4.78 is 28.4. The van der Waals surface area contributed by atoms with Crippen LogP contribution in [0.25, 0.3) is 11.0 Å². The SMILES string of the molecule is Cc1ccc(S(=O)(=O)Nc2nc3ccc([N+](=O)[O-])cc3nc2NC2CCCCC2)cc1. The second-order valence-corrected chi connectivity index (χ2v) is 9.43. The Kier molecular flexibility index (Phi) is 5.73. The highest BCUT2D eigenvalue weighted by Crippen LogP contribution is 2.29. The number of hydrogen-bond acceptors (Lipinski definition) is 7. The van der Waals surface area contributed by atoms with Crippen LogP contribution in [0.5, 0.6) is 0 Å². The lowest BCUT2D eigenvalue weighted by molar-refractivity contribution is -0.384. The Morgan fingerprint density at radius 1 is 0.968 bits per heavy atom. The number of sulfonamides is 1. The molecule has 2 aromatic carbocycles. The van der Waals surface area contributed by atoms with E-state index in [4.69, 9.17) is 0 Å². The smallest absolute Gasteiger partial charge is 0.271 e. The molecule has 1 aliphatic carbocycles. The number of fused-ring (bicyclic) bond motifs is 1. The van der Waals surface area contributed by atoms with Gasteiger partial charge in [0.2, 0.25) is 0 Å². The van der Waals surface area contributed by atoms with Gasteiger partial charge in [-0.1, -0.05) is 37.0 Å². The Bertz CT molecular complexity index is 1220. The van der Waals surface area contributed by atoms with Gasteiger partial charge in [0.05, 0.1) is 20.9 Å². The minimum absolute atomic E-state index is 0.0764. The largest absolute Gasteiger partial charge is 0.364 e. The lowest BCUT2D eigenvalue weighted by Crippen LogP contribution is -2.25. The van der Waals surface area contributed by atoms with E-state index >= 15 is 0 Å². The van der Waals surface area contributed by atoms with E-state index in [0.717, 1.165) is 31.2 Å². The summed E-state index contributed by atoms with van der Waals surface area (Å²) in [5, 5.41) is 14.4. The first kappa shape index (κ1) is 21.0. The average Bonchev–Trinajstić information content (AvgIpc) is 2.74. The van der Waals surface area contributed by atoms with E-state index in [1.165, 1.54) is 36.8 Å². The van der Waals surface area contributed by atoms with E-state index in [9.17, 15) is 18.5 Å². The molecule has 0 unspecified atom stereocenters. The molecule has 9 nitrogen and oxygen atoms in total. The van der Waals surface area contributed by atoms with Gasteiger partial charge in [0.15, 0.2) is 11.6 Å². The first-order valence-electron chi connectivity index (χ1n) is 10.1. The number of non-ortho nitro benzene ring substituents is 1. The molecule has 10 heteroatoms. The molecule has 0 atom stereocenters. The van der Waals surface area contributed by atoms with Crippen molar-refractivity contribution in [3.8, 4) is 0 Å². The lowest BCUT2D eigenvalue weighted by atomic mass is 9.95. The van der Waals surface area contributed by atoms with E-state index in [2.05, 4.69) is 20.0 Å². The van der Waals surface area contributed by atoms with Crippen LogP contribution >= 0.6 is 0 Å². The number of aromatic nitrogens is 2. The number of aryl methyl sites for hydroxylation is 1. The van der Waals surface area contributed by atoms with Gasteiger partial charge in [0, 0.05) is 18.2 Å². The lowest BCUT2D eigenvalue weighted by Gasteiger charge is -2.24. The average molecular weight is 442 g/mol. The molecule has 0 spiro atoms. The van der Waals surface area contributed by atoms with Gasteiger partial charge in [0.25, 0.3) is 15.7 Å². The molecule has 1 aliphatic rings. The van der Waals surface area contributed by atoms with E-state index in [0.29, 0.717) is 11.0 Å². The quantitative estimate of drug-likeness (QED) is 0.429. The summed E-state index contributed by atoms with van der Waals surface area (Å²) in [6.45, 7) is 1.88. The Balaban J connectivity index is 1.75. The highest BCUT2D eigenvalue weighted by atomic mass is 32.2. The molecular weight excluding hydrogens is 418 g/mol. The van der Waals surface area contributed by atoms with Crippen LogP contribution in [0.15, 0.2) is 47.4 Å². The fourth-order valence-corrected chi connectivity index (χ4v) is 4.68. The Labute approximate surface area is 180 Å². The van der Waals surface area contributed by atoms with Crippen molar-refractivity contribution in [1.29, 1.82) is 0 Å². The maximum atomic E-state index is 12.9. The van der Waals surface area contributed by atoms with Crippen LogP contribution in [-0.4, -0.2) is 29.4 Å². The molecule has 0 amide bonds. The molecule has 162 valence electrons. The van der Waals surface area contributed by atoms with E-state index in [1.54, 1.807) is 12.1 Å². The van der Waals surface area contributed by atoms with Gasteiger partial charge in [0.1, 0.15) is 0 Å². The zero-order chi connectivity index (χ0) is 22.0. The van der Waals surface area contributed by atoms with Crippen LogP contribution in [0.2, 0.25) is 0 Å². The number of rotatable bonds is 6. The Morgan fingerprint density at radius 2 is 1.65 bits per heavy atom.